The van der Waals surface area contributed by atoms with Crippen LogP contribution in [0.4, 0.5) is 4.79 Å². The van der Waals surface area contributed by atoms with Crippen molar-refractivity contribution in [1.82, 2.24) is 4.90 Å². The van der Waals surface area contributed by atoms with E-state index < -0.39 is 6.09 Å². The Balaban J connectivity index is 1.77. The van der Waals surface area contributed by atoms with E-state index in [-0.39, 0.29) is 25.2 Å². The summed E-state index contributed by atoms with van der Waals surface area (Å²) in [7, 11) is 0. The molecule has 0 radical (unpaired) electrons. The molecule has 2 aromatic carbocycles. The first-order valence-corrected chi connectivity index (χ1v) is 9.07. The molecule has 3 rings (SSSR count). The maximum Gasteiger partial charge on any atom is 0.410 e. The van der Waals surface area contributed by atoms with Crippen molar-refractivity contribution in [2.24, 2.45) is 0 Å². The smallest absolute Gasteiger partial charge is 0.410 e. The van der Waals surface area contributed by atoms with Crippen LogP contribution in [0.3, 0.4) is 0 Å². The van der Waals surface area contributed by atoms with E-state index in [9.17, 15) is 9.59 Å². The van der Waals surface area contributed by atoms with Crippen molar-refractivity contribution in [1.29, 1.82) is 0 Å². The van der Waals surface area contributed by atoms with E-state index in [0.717, 1.165) is 11.1 Å². The largest absolute Gasteiger partial charge is 0.463 e. The lowest BCUT2D eigenvalue weighted by molar-refractivity contribution is -0.138. The summed E-state index contributed by atoms with van der Waals surface area (Å²) in [6, 6.07) is 19.1. The van der Waals surface area contributed by atoms with Gasteiger partial charge in [0.25, 0.3) is 0 Å². The Kier molecular flexibility index (Phi) is 6.26. The van der Waals surface area contributed by atoms with Crippen molar-refractivity contribution < 1.29 is 19.1 Å². The van der Waals surface area contributed by atoms with Crippen molar-refractivity contribution in [3.8, 4) is 0 Å². The molecule has 0 N–H and O–H groups in total. The Morgan fingerprint density at radius 3 is 2.33 bits per heavy atom. The lowest BCUT2D eigenvalue weighted by atomic mass is 9.96. The fraction of sp³-hybridized carbons (Fsp3) is 0.273. The summed E-state index contributed by atoms with van der Waals surface area (Å²) < 4.78 is 10.6. The first kappa shape index (κ1) is 18.7. The van der Waals surface area contributed by atoms with Gasteiger partial charge in [-0.05, 0) is 24.5 Å². The summed E-state index contributed by atoms with van der Waals surface area (Å²) in [6.07, 6.45) is 1.96. The zero-order chi connectivity index (χ0) is 19.1. The molecule has 1 heterocycles. The van der Waals surface area contributed by atoms with Crippen molar-refractivity contribution in [3.05, 3.63) is 83.4 Å². The molecule has 0 saturated heterocycles. The van der Waals surface area contributed by atoms with Gasteiger partial charge in [-0.3, -0.25) is 4.90 Å². The minimum atomic E-state index is -0.442. The quantitative estimate of drug-likeness (QED) is 0.743. The summed E-state index contributed by atoms with van der Waals surface area (Å²) in [5, 5.41) is 0. The van der Waals surface area contributed by atoms with Gasteiger partial charge in [0.05, 0.1) is 24.8 Å². The molecule has 2 aromatic rings. The molecule has 1 aliphatic heterocycles. The van der Waals surface area contributed by atoms with Gasteiger partial charge in [-0.1, -0.05) is 66.7 Å². The number of amides is 1. The number of ether oxygens (including phenoxy) is 2. The summed E-state index contributed by atoms with van der Waals surface area (Å²) in [5.74, 6) is -0.384. The van der Waals surface area contributed by atoms with E-state index in [0.29, 0.717) is 18.6 Å². The van der Waals surface area contributed by atoms with Crippen LogP contribution < -0.4 is 0 Å². The van der Waals surface area contributed by atoms with Gasteiger partial charge in [0.2, 0.25) is 0 Å². The van der Waals surface area contributed by atoms with E-state index in [1.165, 1.54) is 0 Å². The van der Waals surface area contributed by atoms with Crippen LogP contribution in [0.25, 0.3) is 0 Å². The molecule has 0 aromatic heterocycles. The molecule has 1 unspecified atom stereocenters. The lowest BCUT2D eigenvalue weighted by Gasteiger charge is -2.34. The number of esters is 1. The van der Waals surface area contributed by atoms with Crippen LogP contribution in [-0.4, -0.2) is 30.1 Å². The maximum atomic E-state index is 12.8. The Morgan fingerprint density at radius 1 is 1.00 bits per heavy atom. The third-order valence-corrected chi connectivity index (χ3v) is 4.47. The summed E-state index contributed by atoms with van der Waals surface area (Å²) in [5.41, 5.74) is 2.41. The number of benzene rings is 2. The predicted octanol–water partition coefficient (Wildman–Crippen LogP) is 4.26. The van der Waals surface area contributed by atoms with Crippen molar-refractivity contribution in [2.45, 2.75) is 26.0 Å². The molecule has 1 amide bonds. The zero-order valence-corrected chi connectivity index (χ0v) is 15.3. The van der Waals surface area contributed by atoms with Gasteiger partial charge in [0.1, 0.15) is 6.61 Å². The number of rotatable bonds is 5. The highest BCUT2D eigenvalue weighted by Crippen LogP contribution is 2.31. The Labute approximate surface area is 159 Å². The van der Waals surface area contributed by atoms with Gasteiger partial charge in [-0.25, -0.2) is 9.59 Å². The second-order valence-corrected chi connectivity index (χ2v) is 6.28. The molecule has 0 aliphatic carbocycles. The molecule has 0 fully saturated rings. The molecule has 1 atom stereocenters. The Hall–Kier alpha value is -3.08. The van der Waals surface area contributed by atoms with Gasteiger partial charge in [-0.2, -0.15) is 0 Å². The van der Waals surface area contributed by atoms with E-state index in [1.54, 1.807) is 11.8 Å². The van der Waals surface area contributed by atoms with E-state index in [2.05, 4.69) is 0 Å². The molecular formula is C22H23NO4. The zero-order valence-electron chi connectivity index (χ0n) is 15.3. The van der Waals surface area contributed by atoms with Crippen LogP contribution in [0.1, 0.15) is 30.5 Å². The first-order chi connectivity index (χ1) is 13.2. The highest BCUT2D eigenvalue weighted by atomic mass is 16.6. The number of hydrogen-bond donors (Lipinski definition) is 0. The second kappa shape index (κ2) is 9.03. The molecule has 1 aliphatic rings. The SMILES string of the molecule is CCOC(=O)C1=CCC(c2ccccc2)N(C(=O)OCc2ccccc2)C1. The minimum absolute atomic E-state index is 0.173. The normalized spacial score (nSPS) is 16.4. The van der Waals surface area contributed by atoms with Crippen molar-refractivity contribution in [2.75, 3.05) is 13.2 Å². The average molecular weight is 365 g/mol. The lowest BCUT2D eigenvalue weighted by Crippen LogP contribution is -2.40. The van der Waals surface area contributed by atoms with Crippen LogP contribution in [0.2, 0.25) is 0 Å². The Morgan fingerprint density at radius 2 is 1.67 bits per heavy atom. The highest BCUT2D eigenvalue weighted by molar-refractivity contribution is 5.90. The monoisotopic (exact) mass is 365 g/mol. The van der Waals surface area contributed by atoms with E-state index in [4.69, 9.17) is 9.47 Å². The molecule has 27 heavy (non-hydrogen) atoms. The fourth-order valence-corrected chi connectivity index (χ4v) is 3.10. The molecule has 5 nitrogen and oxygen atoms in total. The van der Waals surface area contributed by atoms with Gasteiger partial charge in [0, 0.05) is 0 Å². The molecule has 140 valence electrons. The topological polar surface area (TPSA) is 55.8 Å². The first-order valence-electron chi connectivity index (χ1n) is 9.07. The van der Waals surface area contributed by atoms with Crippen LogP contribution in [0.15, 0.2) is 72.3 Å². The van der Waals surface area contributed by atoms with Crippen LogP contribution in [0.5, 0.6) is 0 Å². The summed E-state index contributed by atoms with van der Waals surface area (Å²) in [6.45, 7) is 2.43. The number of carbonyl (C=O) groups is 2. The minimum Gasteiger partial charge on any atom is -0.463 e. The van der Waals surface area contributed by atoms with Crippen LogP contribution >= 0.6 is 0 Å². The molecule has 5 heteroatoms. The summed E-state index contributed by atoms with van der Waals surface area (Å²) in [4.78, 5) is 26.5. The van der Waals surface area contributed by atoms with Crippen LogP contribution in [0, 0.1) is 0 Å². The van der Waals surface area contributed by atoms with Crippen molar-refractivity contribution in [3.63, 3.8) is 0 Å². The van der Waals surface area contributed by atoms with E-state index in [1.807, 2.05) is 66.7 Å². The highest BCUT2D eigenvalue weighted by Gasteiger charge is 2.32. The number of hydrogen-bond acceptors (Lipinski definition) is 4. The summed E-state index contributed by atoms with van der Waals surface area (Å²) >= 11 is 0. The number of carbonyl (C=O) groups excluding carboxylic acids is 2. The number of nitrogens with zero attached hydrogens (tertiary/aromatic N) is 1. The standard InChI is InChI=1S/C22H23NO4/c1-2-26-21(24)19-13-14-20(18-11-7-4-8-12-18)23(15-19)22(25)27-16-17-9-5-3-6-10-17/h3-13,20H,2,14-16H2,1H3. The van der Waals surface area contributed by atoms with Gasteiger partial charge in [-0.15, -0.1) is 0 Å². The maximum absolute atomic E-state index is 12.8. The van der Waals surface area contributed by atoms with Gasteiger partial charge >= 0.3 is 12.1 Å². The predicted molar refractivity (Wildman–Crippen MR) is 102 cm³/mol. The van der Waals surface area contributed by atoms with Gasteiger partial charge < -0.3 is 9.47 Å². The second-order valence-electron chi connectivity index (χ2n) is 6.28. The third kappa shape index (κ3) is 4.76. The fourth-order valence-electron chi connectivity index (χ4n) is 3.10. The van der Waals surface area contributed by atoms with Gasteiger partial charge in [0.15, 0.2) is 0 Å². The molecule has 0 bridgehead atoms. The average Bonchev–Trinajstić information content (AvgIpc) is 2.73. The molecule has 0 saturated carbocycles. The Bertz CT molecular complexity index is 802. The third-order valence-electron chi connectivity index (χ3n) is 4.47. The van der Waals surface area contributed by atoms with E-state index >= 15 is 0 Å². The van der Waals surface area contributed by atoms with Crippen LogP contribution in [-0.2, 0) is 20.9 Å². The van der Waals surface area contributed by atoms with Crippen molar-refractivity contribution >= 4 is 12.1 Å². The molecule has 0 spiro atoms. The molecular weight excluding hydrogens is 342 g/mol.